The predicted molar refractivity (Wildman–Crippen MR) is 113 cm³/mol. The summed E-state index contributed by atoms with van der Waals surface area (Å²) in [6.45, 7) is 2.02. The molecule has 1 heterocycles. The molecular weight excluding hydrogens is 404 g/mol. The number of nitro groups is 1. The zero-order valence-electron chi connectivity index (χ0n) is 16.0. The van der Waals surface area contributed by atoms with Crippen molar-refractivity contribution < 1.29 is 14.5 Å². The topological polar surface area (TPSA) is 80.5 Å². The molecule has 1 saturated heterocycles. The Labute approximate surface area is 177 Å². The summed E-state index contributed by atoms with van der Waals surface area (Å²) in [6, 6.07) is 13.9. The lowest BCUT2D eigenvalue weighted by Gasteiger charge is -2.20. The van der Waals surface area contributed by atoms with Gasteiger partial charge in [-0.3, -0.25) is 19.7 Å². The third kappa shape index (κ3) is 2.50. The van der Waals surface area contributed by atoms with Gasteiger partial charge in [0.1, 0.15) is 5.69 Å². The first-order valence-electron chi connectivity index (χ1n) is 9.66. The molecule has 2 aromatic rings. The van der Waals surface area contributed by atoms with Crippen molar-refractivity contribution in [2.24, 2.45) is 23.7 Å². The van der Waals surface area contributed by atoms with E-state index in [0.29, 0.717) is 0 Å². The second-order valence-corrected chi connectivity index (χ2v) is 8.27. The molecule has 5 rings (SSSR count). The number of anilines is 1. The van der Waals surface area contributed by atoms with Gasteiger partial charge < -0.3 is 0 Å². The number of hydrogen-bond acceptors (Lipinski definition) is 4. The standard InChI is InChI=1S/C23H17ClN2O4/c1-12(13-5-3-2-4-6-13)19-15-8-9-16(19)21-20(15)22(27)25(23(21)28)17-10-7-14(24)11-18(17)26(29)30/h2-11,15-16,20-21H,1H3/t15-,16-,20+,21+/m1/s1. The van der Waals surface area contributed by atoms with Gasteiger partial charge in [0.15, 0.2) is 0 Å². The summed E-state index contributed by atoms with van der Waals surface area (Å²) in [4.78, 5) is 38.6. The average Bonchev–Trinajstić information content (AvgIpc) is 3.38. The van der Waals surface area contributed by atoms with E-state index in [0.717, 1.165) is 21.6 Å². The normalized spacial score (nSPS) is 26.5. The molecule has 2 bridgehead atoms. The van der Waals surface area contributed by atoms with E-state index in [1.165, 1.54) is 18.2 Å². The van der Waals surface area contributed by atoms with Crippen LogP contribution in [0.25, 0.3) is 5.57 Å². The van der Waals surface area contributed by atoms with Crippen molar-refractivity contribution in [1.82, 2.24) is 0 Å². The van der Waals surface area contributed by atoms with Crippen molar-refractivity contribution in [3.05, 3.63) is 87.0 Å². The van der Waals surface area contributed by atoms with E-state index < -0.39 is 16.8 Å². The van der Waals surface area contributed by atoms with Gasteiger partial charge >= 0.3 is 0 Å². The molecule has 7 heteroatoms. The second-order valence-electron chi connectivity index (χ2n) is 7.84. The maximum Gasteiger partial charge on any atom is 0.294 e. The van der Waals surface area contributed by atoms with Crippen molar-refractivity contribution in [3.63, 3.8) is 0 Å². The summed E-state index contributed by atoms with van der Waals surface area (Å²) in [7, 11) is 0. The Kier molecular flexibility index (Phi) is 4.15. The van der Waals surface area contributed by atoms with Crippen LogP contribution in [0.15, 0.2) is 66.3 Å². The Morgan fingerprint density at radius 2 is 1.60 bits per heavy atom. The number of carbonyl (C=O) groups excluding carboxylic acids is 2. The third-order valence-corrected chi connectivity index (χ3v) is 6.67. The lowest BCUT2D eigenvalue weighted by molar-refractivity contribution is -0.384. The monoisotopic (exact) mass is 420 g/mol. The number of hydrogen-bond donors (Lipinski definition) is 0. The summed E-state index contributed by atoms with van der Waals surface area (Å²) in [6.07, 6.45) is 4.00. The molecule has 1 aliphatic heterocycles. The summed E-state index contributed by atoms with van der Waals surface area (Å²) < 4.78 is 0. The van der Waals surface area contributed by atoms with E-state index in [1.54, 1.807) is 0 Å². The third-order valence-electron chi connectivity index (χ3n) is 6.43. The summed E-state index contributed by atoms with van der Waals surface area (Å²) >= 11 is 5.90. The number of rotatable bonds is 3. The van der Waals surface area contributed by atoms with Crippen molar-refractivity contribution in [1.29, 1.82) is 0 Å². The molecule has 2 aromatic carbocycles. The first-order chi connectivity index (χ1) is 14.4. The van der Waals surface area contributed by atoms with E-state index in [-0.39, 0.29) is 40.0 Å². The fraction of sp³-hybridized carbons (Fsp3) is 0.217. The fourth-order valence-corrected chi connectivity index (χ4v) is 5.35. The molecule has 6 nitrogen and oxygen atoms in total. The number of nitro benzene ring substituents is 1. The Bertz CT molecular complexity index is 1140. The maximum absolute atomic E-state index is 13.3. The first kappa shape index (κ1) is 18.8. The molecule has 150 valence electrons. The van der Waals surface area contributed by atoms with Crippen molar-refractivity contribution in [3.8, 4) is 0 Å². The highest BCUT2D eigenvalue weighted by atomic mass is 35.5. The Hall–Kier alpha value is -3.25. The smallest absolute Gasteiger partial charge is 0.274 e. The molecule has 0 spiro atoms. The van der Waals surface area contributed by atoms with Crippen LogP contribution in [0.5, 0.6) is 0 Å². The number of nitrogens with zero attached hydrogens (tertiary/aromatic N) is 2. The number of halogens is 1. The molecule has 3 aliphatic rings. The Morgan fingerprint density at radius 1 is 1.00 bits per heavy atom. The van der Waals surface area contributed by atoms with Gasteiger partial charge in [0.2, 0.25) is 11.8 Å². The number of benzene rings is 2. The van der Waals surface area contributed by atoms with Crippen molar-refractivity contribution in [2.75, 3.05) is 4.90 Å². The highest BCUT2D eigenvalue weighted by Gasteiger charge is 2.62. The SMILES string of the molecule is CC(=C1[C@H]2C=C[C@H]1[C@@H]1C(=O)N(c3ccc(Cl)cc3[N+](=O)[O-])C(=O)[C@H]12)c1ccccc1. The number of fused-ring (bicyclic) bond motifs is 5. The molecule has 0 aromatic heterocycles. The number of carbonyl (C=O) groups is 2. The minimum Gasteiger partial charge on any atom is -0.274 e. The van der Waals surface area contributed by atoms with Crippen LogP contribution in [0.4, 0.5) is 11.4 Å². The molecule has 2 amide bonds. The molecular formula is C23H17ClN2O4. The van der Waals surface area contributed by atoms with E-state index >= 15 is 0 Å². The van der Waals surface area contributed by atoms with Crippen LogP contribution in [0.3, 0.4) is 0 Å². The van der Waals surface area contributed by atoms with E-state index in [4.69, 9.17) is 11.6 Å². The number of amides is 2. The first-order valence-corrected chi connectivity index (χ1v) is 10.0. The molecule has 2 aliphatic carbocycles. The van der Waals surface area contributed by atoms with Crippen LogP contribution >= 0.6 is 11.6 Å². The number of imide groups is 1. The van der Waals surface area contributed by atoms with Crippen LogP contribution in [0, 0.1) is 33.8 Å². The molecule has 2 fully saturated rings. The maximum atomic E-state index is 13.3. The lowest BCUT2D eigenvalue weighted by Crippen LogP contribution is -2.33. The van der Waals surface area contributed by atoms with Gasteiger partial charge in [0.25, 0.3) is 5.69 Å². The van der Waals surface area contributed by atoms with Crippen LogP contribution in [-0.4, -0.2) is 16.7 Å². The molecule has 0 N–H and O–H groups in total. The zero-order valence-corrected chi connectivity index (χ0v) is 16.7. The predicted octanol–water partition coefficient (Wildman–Crippen LogP) is 4.64. The summed E-state index contributed by atoms with van der Waals surface area (Å²) in [5.74, 6) is -2.18. The molecule has 0 radical (unpaired) electrons. The van der Waals surface area contributed by atoms with Crippen LogP contribution in [0.2, 0.25) is 5.02 Å². The molecule has 0 unspecified atom stereocenters. The Balaban J connectivity index is 1.57. The molecule has 4 atom stereocenters. The number of allylic oxidation sites excluding steroid dienone is 4. The largest absolute Gasteiger partial charge is 0.294 e. The minimum absolute atomic E-state index is 0.0153. The van der Waals surface area contributed by atoms with Gasteiger partial charge in [0.05, 0.1) is 16.8 Å². The van der Waals surface area contributed by atoms with E-state index in [1.807, 2.05) is 49.4 Å². The van der Waals surface area contributed by atoms with Gasteiger partial charge in [-0.15, -0.1) is 0 Å². The van der Waals surface area contributed by atoms with E-state index in [2.05, 4.69) is 0 Å². The van der Waals surface area contributed by atoms with Gasteiger partial charge in [-0.05, 0) is 30.2 Å². The zero-order chi connectivity index (χ0) is 21.2. The summed E-state index contributed by atoms with van der Waals surface area (Å²) in [5, 5.41) is 11.7. The molecule has 30 heavy (non-hydrogen) atoms. The second kappa shape index (κ2) is 6.64. The van der Waals surface area contributed by atoms with Gasteiger partial charge in [-0.1, -0.05) is 59.7 Å². The average molecular weight is 421 g/mol. The lowest BCUT2D eigenvalue weighted by atomic mass is 9.85. The van der Waals surface area contributed by atoms with Gasteiger partial charge in [0, 0.05) is 22.9 Å². The van der Waals surface area contributed by atoms with Crippen molar-refractivity contribution in [2.45, 2.75) is 6.92 Å². The minimum atomic E-state index is -0.617. The van der Waals surface area contributed by atoms with Crippen LogP contribution in [-0.2, 0) is 9.59 Å². The van der Waals surface area contributed by atoms with Gasteiger partial charge in [-0.2, -0.15) is 0 Å². The van der Waals surface area contributed by atoms with Gasteiger partial charge in [-0.25, -0.2) is 4.90 Å². The quantitative estimate of drug-likeness (QED) is 0.313. The van der Waals surface area contributed by atoms with Crippen molar-refractivity contribution >= 4 is 40.4 Å². The van der Waals surface area contributed by atoms with Crippen LogP contribution < -0.4 is 4.90 Å². The summed E-state index contributed by atoms with van der Waals surface area (Å²) in [5.41, 5.74) is 2.88. The molecule has 1 saturated carbocycles. The Morgan fingerprint density at radius 3 is 2.17 bits per heavy atom. The van der Waals surface area contributed by atoms with Crippen LogP contribution in [0.1, 0.15) is 12.5 Å². The highest BCUT2D eigenvalue weighted by molar-refractivity contribution is 6.31. The fourth-order valence-electron chi connectivity index (χ4n) is 5.19. The highest BCUT2D eigenvalue weighted by Crippen LogP contribution is 2.58. The van der Waals surface area contributed by atoms with E-state index in [9.17, 15) is 19.7 Å².